The van der Waals surface area contributed by atoms with E-state index >= 15 is 0 Å². The van der Waals surface area contributed by atoms with Gasteiger partial charge in [-0.3, -0.25) is 4.90 Å². The van der Waals surface area contributed by atoms with Gasteiger partial charge in [0.1, 0.15) is 0 Å². The molecule has 0 aromatic rings. The minimum Gasteiger partial charge on any atom is -0.373 e. The van der Waals surface area contributed by atoms with Crippen molar-refractivity contribution >= 4 is 17.6 Å². The lowest BCUT2D eigenvalue weighted by molar-refractivity contribution is 0.0294. The van der Waals surface area contributed by atoms with Gasteiger partial charge < -0.3 is 26.6 Å². The number of nitrogens with zero attached hydrogens (tertiary/aromatic N) is 1. The highest BCUT2D eigenvalue weighted by Gasteiger charge is 2.49. The van der Waals surface area contributed by atoms with Crippen LogP contribution in [-0.2, 0) is 26.6 Å². The van der Waals surface area contributed by atoms with Crippen molar-refractivity contribution in [1.82, 2.24) is 4.90 Å². The third kappa shape index (κ3) is 9.04. The highest BCUT2D eigenvalue weighted by molar-refractivity contribution is 6.62. The zero-order chi connectivity index (χ0) is 21.6. The summed E-state index contributed by atoms with van der Waals surface area (Å²) in [4.78, 5) is 2.46. The van der Waals surface area contributed by atoms with E-state index in [9.17, 15) is 0 Å². The first-order valence-electron chi connectivity index (χ1n) is 11.6. The Morgan fingerprint density at radius 3 is 1.14 bits per heavy atom. The number of rotatable bonds is 17. The monoisotopic (exact) mass is 451 g/mol. The zero-order valence-electron chi connectivity index (χ0n) is 19.7. The molecule has 1 saturated carbocycles. The molecule has 1 fully saturated rings. The van der Waals surface area contributed by atoms with E-state index in [2.05, 4.69) is 4.90 Å². The molecule has 0 unspecified atom stereocenters. The molecular formula is C20H45NO6Si2. The number of hydrogen-bond acceptors (Lipinski definition) is 7. The summed E-state index contributed by atoms with van der Waals surface area (Å²) >= 11 is 0. The van der Waals surface area contributed by atoms with Gasteiger partial charge in [-0.2, -0.15) is 0 Å². The van der Waals surface area contributed by atoms with Crippen molar-refractivity contribution in [3.8, 4) is 0 Å². The molecule has 0 amide bonds. The minimum atomic E-state index is -2.83. The normalized spacial score (nSPS) is 16.7. The van der Waals surface area contributed by atoms with E-state index in [0.717, 1.165) is 0 Å². The summed E-state index contributed by atoms with van der Waals surface area (Å²) in [5.74, 6) is 0. The van der Waals surface area contributed by atoms with E-state index in [4.69, 9.17) is 26.6 Å². The molecule has 0 radical (unpaired) electrons. The third-order valence-corrected chi connectivity index (χ3v) is 11.0. The SMILES string of the molecule is CCO[Si](CN(C[Si](OCC)(OCC)OCC)C1CCCCC1)(OCC)OCC. The molecule has 0 spiro atoms. The third-order valence-electron chi connectivity index (χ3n) is 5.07. The lowest BCUT2D eigenvalue weighted by atomic mass is 9.95. The molecular weight excluding hydrogens is 406 g/mol. The molecule has 0 aromatic carbocycles. The van der Waals surface area contributed by atoms with Crippen LogP contribution >= 0.6 is 0 Å². The summed E-state index contributed by atoms with van der Waals surface area (Å²) in [5, 5.41) is 0. The predicted molar refractivity (Wildman–Crippen MR) is 120 cm³/mol. The molecule has 0 N–H and O–H groups in total. The maximum atomic E-state index is 6.17. The van der Waals surface area contributed by atoms with Crippen LogP contribution in [0.4, 0.5) is 0 Å². The standard InChI is InChI=1S/C20H45NO6Si2/c1-7-22-28(23-8-2,24-9-3)18-21(20-16-14-13-15-17-20)19-29(25-10-4,26-11-5)27-12-6/h20H,7-19H2,1-6H3. The minimum absolute atomic E-state index is 0.449. The summed E-state index contributed by atoms with van der Waals surface area (Å²) in [6.07, 6.45) is 7.44. The van der Waals surface area contributed by atoms with E-state index in [1.807, 2.05) is 41.5 Å². The van der Waals surface area contributed by atoms with Gasteiger partial charge in [-0.15, -0.1) is 0 Å². The van der Waals surface area contributed by atoms with E-state index < -0.39 is 17.6 Å². The average molecular weight is 452 g/mol. The van der Waals surface area contributed by atoms with Crippen LogP contribution in [0.5, 0.6) is 0 Å². The van der Waals surface area contributed by atoms with Crippen molar-refractivity contribution < 1.29 is 26.6 Å². The second-order valence-corrected chi connectivity index (χ2v) is 12.3. The first kappa shape index (κ1) is 27.2. The highest BCUT2D eigenvalue weighted by Crippen LogP contribution is 2.27. The molecule has 1 aliphatic carbocycles. The molecule has 1 aliphatic rings. The molecule has 0 aromatic heterocycles. The molecule has 7 nitrogen and oxygen atoms in total. The van der Waals surface area contributed by atoms with Crippen molar-refractivity contribution in [1.29, 1.82) is 0 Å². The van der Waals surface area contributed by atoms with Gasteiger partial charge in [-0.25, -0.2) is 0 Å². The molecule has 29 heavy (non-hydrogen) atoms. The van der Waals surface area contributed by atoms with Gasteiger partial charge in [0.05, 0.1) is 12.3 Å². The van der Waals surface area contributed by atoms with Crippen LogP contribution in [0.15, 0.2) is 0 Å². The lowest BCUT2D eigenvalue weighted by Gasteiger charge is -2.42. The van der Waals surface area contributed by atoms with Gasteiger partial charge in [0, 0.05) is 45.7 Å². The van der Waals surface area contributed by atoms with Crippen LogP contribution in [0.2, 0.25) is 0 Å². The molecule has 174 valence electrons. The van der Waals surface area contributed by atoms with Crippen LogP contribution in [0.3, 0.4) is 0 Å². The first-order chi connectivity index (χ1) is 14.0. The molecule has 0 saturated heterocycles. The van der Waals surface area contributed by atoms with Gasteiger partial charge >= 0.3 is 17.6 Å². The highest BCUT2D eigenvalue weighted by atomic mass is 28.4. The molecule has 0 bridgehead atoms. The topological polar surface area (TPSA) is 58.6 Å². The Balaban J connectivity index is 3.18. The molecule has 0 atom stereocenters. The Morgan fingerprint density at radius 2 is 0.862 bits per heavy atom. The van der Waals surface area contributed by atoms with Crippen molar-refractivity contribution in [3.05, 3.63) is 0 Å². The quantitative estimate of drug-likeness (QED) is 0.312. The summed E-state index contributed by atoms with van der Waals surface area (Å²) in [5.41, 5.74) is 0. The molecule has 0 heterocycles. The Labute approximate surface area is 181 Å². The average Bonchev–Trinajstić information content (AvgIpc) is 2.69. The van der Waals surface area contributed by atoms with Crippen LogP contribution < -0.4 is 0 Å². The predicted octanol–water partition coefficient (Wildman–Crippen LogP) is 3.80. The Hall–Kier alpha value is 0.154. The van der Waals surface area contributed by atoms with Crippen molar-refractivity contribution in [2.24, 2.45) is 0 Å². The lowest BCUT2D eigenvalue weighted by Crippen LogP contribution is -2.63. The summed E-state index contributed by atoms with van der Waals surface area (Å²) < 4.78 is 37.0. The second-order valence-electron chi connectivity index (χ2n) is 7.16. The van der Waals surface area contributed by atoms with Crippen molar-refractivity contribution in [2.45, 2.75) is 79.7 Å². The maximum absolute atomic E-state index is 6.17. The summed E-state index contributed by atoms with van der Waals surface area (Å²) in [7, 11) is -5.66. The van der Waals surface area contributed by atoms with Gasteiger partial charge in [-0.1, -0.05) is 19.3 Å². The van der Waals surface area contributed by atoms with E-state index in [0.29, 0.717) is 58.0 Å². The van der Waals surface area contributed by atoms with Crippen LogP contribution in [0.1, 0.15) is 73.6 Å². The molecule has 0 aliphatic heterocycles. The van der Waals surface area contributed by atoms with Crippen molar-refractivity contribution in [2.75, 3.05) is 52.0 Å². The fourth-order valence-corrected chi connectivity index (χ4v) is 9.75. The second kappa shape index (κ2) is 15.0. The van der Waals surface area contributed by atoms with Crippen LogP contribution in [-0.4, -0.2) is 80.5 Å². The van der Waals surface area contributed by atoms with Crippen molar-refractivity contribution in [3.63, 3.8) is 0 Å². The first-order valence-corrected chi connectivity index (χ1v) is 15.5. The molecule has 1 rings (SSSR count). The zero-order valence-corrected chi connectivity index (χ0v) is 21.7. The fraction of sp³-hybridized carbons (Fsp3) is 1.00. The number of hydrogen-bond donors (Lipinski definition) is 0. The summed E-state index contributed by atoms with van der Waals surface area (Å²) in [6.45, 7) is 15.5. The van der Waals surface area contributed by atoms with Crippen LogP contribution in [0, 0.1) is 0 Å². The Bertz CT molecular complexity index is 350. The van der Waals surface area contributed by atoms with E-state index in [1.54, 1.807) is 0 Å². The van der Waals surface area contributed by atoms with Gasteiger partial charge in [0.25, 0.3) is 0 Å². The smallest absolute Gasteiger partial charge is 0.373 e. The van der Waals surface area contributed by atoms with E-state index in [-0.39, 0.29) is 0 Å². The largest absolute Gasteiger partial charge is 0.515 e. The van der Waals surface area contributed by atoms with Gasteiger partial charge in [0.15, 0.2) is 0 Å². The fourth-order valence-electron chi connectivity index (χ4n) is 4.10. The van der Waals surface area contributed by atoms with Gasteiger partial charge in [-0.05, 0) is 54.4 Å². The molecule has 9 heteroatoms. The van der Waals surface area contributed by atoms with Crippen LogP contribution in [0.25, 0.3) is 0 Å². The van der Waals surface area contributed by atoms with E-state index in [1.165, 1.54) is 32.1 Å². The maximum Gasteiger partial charge on any atom is 0.515 e. The van der Waals surface area contributed by atoms with Gasteiger partial charge in [0.2, 0.25) is 0 Å². The summed E-state index contributed by atoms with van der Waals surface area (Å²) in [6, 6.07) is 0.449. The Morgan fingerprint density at radius 1 is 0.552 bits per heavy atom. The Kier molecular flexibility index (Phi) is 14.1.